The summed E-state index contributed by atoms with van der Waals surface area (Å²) in [7, 11) is 1.37. The summed E-state index contributed by atoms with van der Waals surface area (Å²) >= 11 is 1.59. The van der Waals surface area contributed by atoms with Gasteiger partial charge in [0.25, 0.3) is 0 Å². The van der Waals surface area contributed by atoms with Gasteiger partial charge in [-0.3, -0.25) is 4.57 Å². The maximum atomic E-state index is 11.5. The van der Waals surface area contributed by atoms with Gasteiger partial charge in [-0.25, -0.2) is 9.78 Å². The van der Waals surface area contributed by atoms with Crippen LogP contribution in [0, 0.1) is 0 Å². The van der Waals surface area contributed by atoms with Crippen LogP contribution in [-0.4, -0.2) is 28.4 Å². The largest absolute Gasteiger partial charge is 0.465 e. The second kappa shape index (κ2) is 6.24. The predicted octanol–water partition coefficient (Wildman–Crippen LogP) is 2.94. The Balaban J connectivity index is 2.34. The van der Waals surface area contributed by atoms with Gasteiger partial charge >= 0.3 is 5.97 Å². The maximum absolute atomic E-state index is 11.5. The summed E-state index contributed by atoms with van der Waals surface area (Å²) in [5, 5.41) is 0.863. The van der Waals surface area contributed by atoms with Crippen LogP contribution in [0.25, 0.3) is 5.69 Å². The second-order valence-corrected chi connectivity index (χ2v) is 4.71. The normalized spacial score (nSPS) is 10.2. The summed E-state index contributed by atoms with van der Waals surface area (Å²) in [4.78, 5) is 15.8. The van der Waals surface area contributed by atoms with E-state index in [4.69, 9.17) is 4.74 Å². The zero-order valence-corrected chi connectivity index (χ0v) is 11.4. The Labute approximate surface area is 116 Å². The Kier molecular flexibility index (Phi) is 4.41. The fourth-order valence-electron chi connectivity index (χ4n) is 1.63. The lowest BCUT2D eigenvalue weighted by molar-refractivity contribution is 0.0600. The third-order valence-electron chi connectivity index (χ3n) is 2.48. The Hall–Kier alpha value is -2.01. The van der Waals surface area contributed by atoms with Crippen LogP contribution in [0.15, 0.2) is 54.5 Å². The molecule has 0 aliphatic rings. The lowest BCUT2D eigenvalue weighted by atomic mass is 10.2. The Morgan fingerprint density at radius 2 is 2.42 bits per heavy atom. The van der Waals surface area contributed by atoms with E-state index in [1.165, 1.54) is 7.11 Å². The Bertz CT molecular complexity index is 593. The van der Waals surface area contributed by atoms with Crippen molar-refractivity contribution in [2.45, 2.75) is 5.16 Å². The number of hydrogen-bond donors (Lipinski definition) is 0. The lowest BCUT2D eigenvalue weighted by Crippen LogP contribution is -2.03. The van der Waals surface area contributed by atoms with Crippen molar-refractivity contribution < 1.29 is 9.53 Å². The minimum Gasteiger partial charge on any atom is -0.465 e. The number of carbonyl (C=O) groups excluding carboxylic acids is 1. The number of aromatic nitrogens is 2. The average Bonchev–Trinajstić information content (AvgIpc) is 2.92. The van der Waals surface area contributed by atoms with Crippen LogP contribution < -0.4 is 0 Å². The molecule has 2 rings (SSSR count). The number of thioether (sulfide) groups is 1. The third-order valence-corrected chi connectivity index (χ3v) is 3.45. The Morgan fingerprint density at radius 3 is 3.16 bits per heavy atom. The van der Waals surface area contributed by atoms with E-state index in [1.807, 2.05) is 29.0 Å². The van der Waals surface area contributed by atoms with Crippen molar-refractivity contribution in [3.8, 4) is 5.69 Å². The summed E-state index contributed by atoms with van der Waals surface area (Å²) < 4.78 is 6.65. The van der Waals surface area contributed by atoms with Crippen LogP contribution in [0.4, 0.5) is 0 Å². The van der Waals surface area contributed by atoms with E-state index in [-0.39, 0.29) is 5.97 Å². The second-order valence-electron chi connectivity index (χ2n) is 3.72. The van der Waals surface area contributed by atoms with Crippen molar-refractivity contribution in [3.63, 3.8) is 0 Å². The van der Waals surface area contributed by atoms with Gasteiger partial charge in [-0.1, -0.05) is 23.9 Å². The van der Waals surface area contributed by atoms with Gasteiger partial charge < -0.3 is 4.74 Å². The van der Waals surface area contributed by atoms with E-state index in [9.17, 15) is 4.79 Å². The first kappa shape index (κ1) is 13.4. The number of imidazole rings is 1. The average molecular weight is 274 g/mol. The number of nitrogens with zero attached hydrogens (tertiary/aromatic N) is 2. The number of hydrogen-bond acceptors (Lipinski definition) is 4. The molecule has 0 atom stereocenters. The van der Waals surface area contributed by atoms with E-state index in [1.54, 1.807) is 30.1 Å². The fourth-order valence-corrected chi connectivity index (χ4v) is 2.33. The molecule has 19 heavy (non-hydrogen) atoms. The molecule has 0 N–H and O–H groups in total. The maximum Gasteiger partial charge on any atom is 0.337 e. The fraction of sp³-hybridized carbons (Fsp3) is 0.143. The summed E-state index contributed by atoms with van der Waals surface area (Å²) in [5.41, 5.74) is 1.40. The minimum atomic E-state index is -0.345. The molecule has 0 saturated carbocycles. The van der Waals surface area contributed by atoms with Crippen molar-refractivity contribution >= 4 is 17.7 Å². The number of esters is 1. The summed E-state index contributed by atoms with van der Waals surface area (Å²) in [6.07, 6.45) is 5.42. The SMILES string of the molecule is C=CCSc1nccn1-c1cccc(C(=O)OC)c1. The van der Waals surface area contributed by atoms with Crippen molar-refractivity contribution in [2.24, 2.45) is 0 Å². The molecule has 0 aliphatic carbocycles. The molecule has 1 aromatic carbocycles. The number of methoxy groups -OCH3 is 1. The molecule has 0 fully saturated rings. The summed E-state index contributed by atoms with van der Waals surface area (Å²) in [6, 6.07) is 7.25. The van der Waals surface area contributed by atoms with Crippen LogP contribution >= 0.6 is 11.8 Å². The number of rotatable bonds is 5. The lowest BCUT2D eigenvalue weighted by Gasteiger charge is -2.08. The molecule has 1 aromatic heterocycles. The Morgan fingerprint density at radius 1 is 1.58 bits per heavy atom. The van der Waals surface area contributed by atoms with Gasteiger partial charge in [0.2, 0.25) is 0 Å². The van der Waals surface area contributed by atoms with Gasteiger partial charge in [0, 0.05) is 23.8 Å². The van der Waals surface area contributed by atoms with Gasteiger partial charge in [-0.15, -0.1) is 6.58 Å². The molecule has 0 bridgehead atoms. The highest BCUT2D eigenvalue weighted by Gasteiger charge is 2.09. The molecule has 5 heteroatoms. The first-order valence-corrected chi connectivity index (χ1v) is 6.70. The van der Waals surface area contributed by atoms with Crippen LogP contribution in [0.2, 0.25) is 0 Å². The highest BCUT2D eigenvalue weighted by atomic mass is 32.2. The molecule has 98 valence electrons. The van der Waals surface area contributed by atoms with Gasteiger partial charge in [-0.05, 0) is 18.2 Å². The number of ether oxygens (including phenoxy) is 1. The van der Waals surface area contributed by atoms with Gasteiger partial charge in [0.1, 0.15) is 0 Å². The summed E-state index contributed by atoms with van der Waals surface area (Å²) in [6.45, 7) is 3.69. The highest BCUT2D eigenvalue weighted by Crippen LogP contribution is 2.21. The topological polar surface area (TPSA) is 44.1 Å². The molecule has 0 spiro atoms. The van der Waals surface area contributed by atoms with Crippen LogP contribution in [-0.2, 0) is 4.74 Å². The molecule has 4 nitrogen and oxygen atoms in total. The van der Waals surface area contributed by atoms with Gasteiger partial charge in [-0.2, -0.15) is 0 Å². The first-order chi connectivity index (χ1) is 9.26. The molecule has 2 aromatic rings. The molecule has 0 unspecified atom stereocenters. The van der Waals surface area contributed by atoms with Crippen LogP contribution in [0.3, 0.4) is 0 Å². The number of carbonyl (C=O) groups is 1. The van der Waals surface area contributed by atoms with Crippen molar-refractivity contribution in [2.75, 3.05) is 12.9 Å². The quantitative estimate of drug-likeness (QED) is 0.478. The molecular formula is C14H14N2O2S. The van der Waals surface area contributed by atoms with E-state index in [2.05, 4.69) is 11.6 Å². The van der Waals surface area contributed by atoms with E-state index in [0.717, 1.165) is 16.6 Å². The predicted molar refractivity (Wildman–Crippen MR) is 75.8 cm³/mol. The van der Waals surface area contributed by atoms with Crippen molar-refractivity contribution in [1.29, 1.82) is 0 Å². The van der Waals surface area contributed by atoms with E-state index >= 15 is 0 Å². The monoisotopic (exact) mass is 274 g/mol. The van der Waals surface area contributed by atoms with Crippen LogP contribution in [0.1, 0.15) is 10.4 Å². The van der Waals surface area contributed by atoms with Gasteiger partial charge in [0.15, 0.2) is 5.16 Å². The van der Waals surface area contributed by atoms with Gasteiger partial charge in [0.05, 0.1) is 12.7 Å². The highest BCUT2D eigenvalue weighted by molar-refractivity contribution is 7.99. The molecular weight excluding hydrogens is 260 g/mol. The first-order valence-electron chi connectivity index (χ1n) is 5.72. The number of benzene rings is 1. The minimum absolute atomic E-state index is 0.345. The molecule has 0 amide bonds. The standard InChI is InChI=1S/C14H14N2O2S/c1-3-9-19-14-15-7-8-16(14)12-6-4-5-11(10-12)13(17)18-2/h3-8,10H,1,9H2,2H3. The van der Waals surface area contributed by atoms with E-state index < -0.39 is 0 Å². The van der Waals surface area contributed by atoms with Crippen molar-refractivity contribution in [1.82, 2.24) is 9.55 Å². The molecule has 0 saturated heterocycles. The van der Waals surface area contributed by atoms with Crippen molar-refractivity contribution in [3.05, 3.63) is 54.9 Å². The third kappa shape index (κ3) is 3.06. The molecule has 0 aliphatic heterocycles. The van der Waals surface area contributed by atoms with Crippen LogP contribution in [0.5, 0.6) is 0 Å². The zero-order chi connectivity index (χ0) is 13.7. The summed E-state index contributed by atoms with van der Waals surface area (Å²) in [5.74, 6) is 0.440. The zero-order valence-electron chi connectivity index (χ0n) is 10.6. The smallest absolute Gasteiger partial charge is 0.337 e. The molecule has 1 heterocycles. The van der Waals surface area contributed by atoms with E-state index in [0.29, 0.717) is 5.56 Å². The molecule has 0 radical (unpaired) electrons.